The molecule has 0 unspecified atom stereocenters. The zero-order chi connectivity index (χ0) is 10.3. The van der Waals surface area contributed by atoms with E-state index in [0.29, 0.717) is 11.0 Å². The van der Waals surface area contributed by atoms with E-state index < -0.39 is 0 Å². The third kappa shape index (κ3) is 2.98. The first-order valence-corrected chi connectivity index (χ1v) is 5.45. The Morgan fingerprint density at radius 3 is 1.85 bits per heavy atom. The molecule has 0 aromatic rings. The van der Waals surface area contributed by atoms with Gasteiger partial charge in [-0.25, -0.2) is 0 Å². The molecule has 0 saturated heterocycles. The molecule has 1 aliphatic rings. The molecule has 0 aliphatic heterocycles. The van der Waals surface area contributed by atoms with Crippen LogP contribution in [0.1, 0.15) is 47.5 Å². The van der Waals surface area contributed by atoms with Gasteiger partial charge in [0.15, 0.2) is 0 Å². The second kappa shape index (κ2) is 3.27. The minimum absolute atomic E-state index is 0.410. The summed E-state index contributed by atoms with van der Waals surface area (Å²) < 4.78 is 0. The quantitative estimate of drug-likeness (QED) is 0.649. The van der Waals surface area contributed by atoms with Gasteiger partial charge in [0.2, 0.25) is 0 Å². The summed E-state index contributed by atoms with van der Waals surface area (Å²) in [5.74, 6) is 0.944. The zero-order valence-electron chi connectivity index (χ0n) is 10.1. The minimum atomic E-state index is 0.410. The van der Waals surface area contributed by atoms with E-state index in [-0.39, 0.29) is 0 Å². The van der Waals surface area contributed by atoms with Crippen LogP contribution in [0.15, 0.2) is 0 Å². The van der Waals surface area contributed by atoms with Crippen LogP contribution in [0.25, 0.3) is 0 Å². The molecule has 0 spiro atoms. The molecule has 78 valence electrons. The lowest BCUT2D eigenvalue weighted by Crippen LogP contribution is -2.46. The first-order chi connectivity index (χ1) is 5.73. The van der Waals surface area contributed by atoms with Gasteiger partial charge in [0.1, 0.15) is 0 Å². The third-order valence-electron chi connectivity index (χ3n) is 3.27. The molecule has 1 heteroatoms. The molecule has 0 amide bonds. The average molecular weight is 183 g/mol. The second-order valence-electron chi connectivity index (χ2n) is 6.34. The van der Waals surface area contributed by atoms with Crippen LogP contribution < -0.4 is 0 Å². The molecule has 0 aromatic carbocycles. The molecule has 1 rings (SSSR count). The summed E-state index contributed by atoms with van der Waals surface area (Å²) in [4.78, 5) is 2.53. The Kier molecular flexibility index (Phi) is 2.78. The fourth-order valence-corrected chi connectivity index (χ4v) is 2.02. The number of hydrogen-bond donors (Lipinski definition) is 0. The Balaban J connectivity index is 2.50. The van der Waals surface area contributed by atoms with Crippen molar-refractivity contribution in [3.8, 4) is 0 Å². The highest BCUT2D eigenvalue weighted by Crippen LogP contribution is 2.42. The average Bonchev–Trinajstić information content (AvgIpc) is 2.62. The topological polar surface area (TPSA) is 3.24 Å². The summed E-state index contributed by atoms with van der Waals surface area (Å²) in [5.41, 5.74) is 0.828. The van der Waals surface area contributed by atoms with Crippen LogP contribution in [-0.4, -0.2) is 24.0 Å². The SMILES string of the molecule is CN(CC(C)(C)C)C(C)(C)C1CC1. The third-order valence-corrected chi connectivity index (χ3v) is 3.27. The molecular weight excluding hydrogens is 158 g/mol. The monoisotopic (exact) mass is 183 g/mol. The highest BCUT2D eigenvalue weighted by molar-refractivity contribution is 4.95. The predicted molar refractivity (Wildman–Crippen MR) is 58.9 cm³/mol. The molecule has 0 bridgehead atoms. The normalized spacial score (nSPS) is 19.6. The van der Waals surface area contributed by atoms with E-state index in [0.717, 1.165) is 5.92 Å². The summed E-state index contributed by atoms with van der Waals surface area (Å²) in [7, 11) is 2.27. The molecule has 1 aliphatic carbocycles. The fourth-order valence-electron chi connectivity index (χ4n) is 2.02. The number of rotatable bonds is 3. The minimum Gasteiger partial charge on any atom is -0.300 e. The van der Waals surface area contributed by atoms with Gasteiger partial charge < -0.3 is 4.90 Å². The van der Waals surface area contributed by atoms with Crippen molar-refractivity contribution in [2.24, 2.45) is 11.3 Å². The van der Waals surface area contributed by atoms with Crippen molar-refractivity contribution in [3.05, 3.63) is 0 Å². The van der Waals surface area contributed by atoms with Gasteiger partial charge in [0, 0.05) is 12.1 Å². The van der Waals surface area contributed by atoms with E-state index in [4.69, 9.17) is 0 Å². The summed E-state index contributed by atoms with van der Waals surface area (Å²) in [5, 5.41) is 0. The van der Waals surface area contributed by atoms with Crippen LogP contribution in [0.5, 0.6) is 0 Å². The Bertz CT molecular complexity index is 172. The largest absolute Gasteiger partial charge is 0.300 e. The van der Waals surface area contributed by atoms with Crippen LogP contribution in [0.4, 0.5) is 0 Å². The van der Waals surface area contributed by atoms with Gasteiger partial charge in [-0.05, 0) is 45.1 Å². The van der Waals surface area contributed by atoms with E-state index in [2.05, 4.69) is 46.6 Å². The van der Waals surface area contributed by atoms with Crippen molar-refractivity contribution in [3.63, 3.8) is 0 Å². The van der Waals surface area contributed by atoms with Crippen LogP contribution in [-0.2, 0) is 0 Å². The number of nitrogens with zero attached hydrogens (tertiary/aromatic N) is 1. The lowest BCUT2D eigenvalue weighted by Gasteiger charge is -2.39. The summed E-state index contributed by atoms with van der Waals surface area (Å²) in [6.45, 7) is 12.9. The first kappa shape index (κ1) is 11.0. The van der Waals surface area contributed by atoms with Gasteiger partial charge in [-0.3, -0.25) is 0 Å². The van der Waals surface area contributed by atoms with E-state index >= 15 is 0 Å². The second-order valence-corrected chi connectivity index (χ2v) is 6.34. The van der Waals surface area contributed by atoms with Crippen molar-refractivity contribution >= 4 is 0 Å². The standard InChI is InChI=1S/C12H25N/c1-11(2,3)9-13(6)12(4,5)10-7-8-10/h10H,7-9H2,1-6H3. The smallest absolute Gasteiger partial charge is 0.0178 e. The lowest BCUT2D eigenvalue weighted by molar-refractivity contribution is 0.0909. The first-order valence-electron chi connectivity index (χ1n) is 5.45. The zero-order valence-corrected chi connectivity index (χ0v) is 10.1. The Hall–Kier alpha value is -0.0400. The molecule has 1 saturated carbocycles. The van der Waals surface area contributed by atoms with Gasteiger partial charge in [-0.2, -0.15) is 0 Å². The fraction of sp³-hybridized carbons (Fsp3) is 1.00. The van der Waals surface area contributed by atoms with Gasteiger partial charge in [0.05, 0.1) is 0 Å². The van der Waals surface area contributed by atoms with Crippen molar-refractivity contribution < 1.29 is 0 Å². The molecule has 0 aromatic heterocycles. The van der Waals surface area contributed by atoms with Crippen LogP contribution in [0, 0.1) is 11.3 Å². The molecule has 1 fully saturated rings. The van der Waals surface area contributed by atoms with Gasteiger partial charge in [-0.1, -0.05) is 20.8 Å². The van der Waals surface area contributed by atoms with Crippen molar-refractivity contribution in [1.82, 2.24) is 4.90 Å². The molecule has 0 heterocycles. The number of hydrogen-bond acceptors (Lipinski definition) is 1. The Morgan fingerprint density at radius 2 is 1.54 bits per heavy atom. The molecular formula is C12H25N. The van der Waals surface area contributed by atoms with E-state index in [1.165, 1.54) is 19.4 Å². The van der Waals surface area contributed by atoms with E-state index in [9.17, 15) is 0 Å². The van der Waals surface area contributed by atoms with Crippen LogP contribution >= 0.6 is 0 Å². The van der Waals surface area contributed by atoms with Crippen molar-refractivity contribution in [1.29, 1.82) is 0 Å². The van der Waals surface area contributed by atoms with Gasteiger partial charge >= 0.3 is 0 Å². The molecule has 0 radical (unpaired) electrons. The van der Waals surface area contributed by atoms with Crippen molar-refractivity contribution in [2.75, 3.05) is 13.6 Å². The summed E-state index contributed by atoms with van der Waals surface area (Å²) >= 11 is 0. The Morgan fingerprint density at radius 1 is 1.08 bits per heavy atom. The summed E-state index contributed by atoms with van der Waals surface area (Å²) in [6, 6.07) is 0. The maximum Gasteiger partial charge on any atom is 0.0178 e. The maximum absolute atomic E-state index is 2.53. The Labute approximate surface area is 83.5 Å². The van der Waals surface area contributed by atoms with Gasteiger partial charge in [-0.15, -0.1) is 0 Å². The highest BCUT2D eigenvalue weighted by Gasteiger charge is 2.41. The van der Waals surface area contributed by atoms with Crippen molar-refractivity contribution in [2.45, 2.75) is 53.0 Å². The summed E-state index contributed by atoms with van der Waals surface area (Å²) in [6.07, 6.45) is 2.86. The highest BCUT2D eigenvalue weighted by atomic mass is 15.2. The van der Waals surface area contributed by atoms with E-state index in [1.807, 2.05) is 0 Å². The molecule has 0 N–H and O–H groups in total. The molecule has 13 heavy (non-hydrogen) atoms. The van der Waals surface area contributed by atoms with Crippen LogP contribution in [0.3, 0.4) is 0 Å². The van der Waals surface area contributed by atoms with E-state index in [1.54, 1.807) is 0 Å². The predicted octanol–water partition coefficient (Wildman–Crippen LogP) is 3.15. The molecule has 1 nitrogen and oxygen atoms in total. The van der Waals surface area contributed by atoms with Crippen LogP contribution in [0.2, 0.25) is 0 Å². The molecule has 0 atom stereocenters. The lowest BCUT2D eigenvalue weighted by atomic mass is 9.90. The van der Waals surface area contributed by atoms with Gasteiger partial charge in [0.25, 0.3) is 0 Å². The maximum atomic E-state index is 2.53.